The van der Waals surface area contributed by atoms with E-state index < -0.39 is 23.9 Å². The van der Waals surface area contributed by atoms with Gasteiger partial charge < -0.3 is 24.5 Å². The van der Waals surface area contributed by atoms with Gasteiger partial charge in [-0.15, -0.1) is 0 Å². The first-order valence-electron chi connectivity index (χ1n) is 9.22. The Balaban J connectivity index is 1.70. The van der Waals surface area contributed by atoms with Crippen LogP contribution >= 0.6 is 0 Å². The summed E-state index contributed by atoms with van der Waals surface area (Å²) < 4.78 is 15.7. The molecule has 1 aliphatic heterocycles. The number of para-hydroxylation sites is 1. The zero-order valence-corrected chi connectivity index (χ0v) is 15.9. The molecule has 1 aliphatic rings. The van der Waals surface area contributed by atoms with E-state index in [1.165, 1.54) is 0 Å². The number of furan rings is 1. The highest BCUT2D eigenvalue weighted by Gasteiger charge is 2.29. The molecule has 2 aromatic rings. The summed E-state index contributed by atoms with van der Waals surface area (Å²) >= 11 is 0. The van der Waals surface area contributed by atoms with Gasteiger partial charge in [-0.1, -0.05) is 32.0 Å². The fraction of sp³-hybridized carbons (Fsp3) is 0.450. The molecular weight excluding hydrogens is 364 g/mol. The zero-order chi connectivity index (χ0) is 20.1. The molecule has 1 fully saturated rings. The molecule has 8 heteroatoms. The minimum Gasteiger partial charge on any atom is -0.451 e. The average molecular weight is 388 g/mol. The van der Waals surface area contributed by atoms with E-state index in [2.05, 4.69) is 10.6 Å². The lowest BCUT2D eigenvalue weighted by Crippen LogP contribution is -2.53. The molecule has 1 aromatic carbocycles. The van der Waals surface area contributed by atoms with Crippen molar-refractivity contribution in [2.45, 2.75) is 32.4 Å². The van der Waals surface area contributed by atoms with Crippen molar-refractivity contribution in [3.63, 3.8) is 0 Å². The number of ketones is 1. The molecule has 28 heavy (non-hydrogen) atoms. The van der Waals surface area contributed by atoms with Gasteiger partial charge in [-0.2, -0.15) is 0 Å². The molecule has 0 saturated carbocycles. The Kier molecular flexibility index (Phi) is 6.43. The van der Waals surface area contributed by atoms with E-state index in [1.807, 2.05) is 32.0 Å². The van der Waals surface area contributed by atoms with Gasteiger partial charge in [0, 0.05) is 5.39 Å². The van der Waals surface area contributed by atoms with Crippen LogP contribution in [0.25, 0.3) is 11.0 Å². The van der Waals surface area contributed by atoms with Crippen LogP contribution in [0.15, 0.2) is 34.7 Å². The third kappa shape index (κ3) is 4.96. The summed E-state index contributed by atoms with van der Waals surface area (Å²) in [5.41, 5.74) is 0.596. The van der Waals surface area contributed by atoms with Gasteiger partial charge >= 0.3 is 0 Å². The van der Waals surface area contributed by atoms with Gasteiger partial charge in [-0.05, 0) is 24.5 Å². The number of hydrogen-bond donors (Lipinski definition) is 2. The van der Waals surface area contributed by atoms with Crippen molar-refractivity contribution in [1.29, 1.82) is 0 Å². The topological polar surface area (TPSA) is 107 Å². The van der Waals surface area contributed by atoms with Crippen LogP contribution < -0.4 is 10.6 Å². The molecule has 2 unspecified atom stereocenters. The number of amides is 2. The molecule has 1 saturated heterocycles. The normalized spacial score (nSPS) is 18.7. The van der Waals surface area contributed by atoms with Gasteiger partial charge in [0.25, 0.3) is 5.91 Å². The van der Waals surface area contributed by atoms with E-state index in [4.69, 9.17) is 13.9 Å². The molecule has 3 rings (SSSR count). The Hall–Kier alpha value is -2.71. The lowest BCUT2D eigenvalue weighted by Gasteiger charge is -2.22. The van der Waals surface area contributed by atoms with Crippen LogP contribution in [0.3, 0.4) is 0 Å². The molecule has 2 atom stereocenters. The Morgan fingerprint density at radius 1 is 1.21 bits per heavy atom. The van der Waals surface area contributed by atoms with E-state index in [0.29, 0.717) is 12.0 Å². The van der Waals surface area contributed by atoms with Crippen LogP contribution in [-0.2, 0) is 19.1 Å². The predicted octanol–water partition coefficient (Wildman–Crippen LogP) is 1.64. The van der Waals surface area contributed by atoms with Crippen molar-refractivity contribution in [2.75, 3.05) is 20.0 Å². The van der Waals surface area contributed by atoms with Crippen molar-refractivity contribution >= 4 is 28.6 Å². The number of Topliss-reactive ketones (excluding diaryl/α,β-unsaturated/α-hetero) is 1. The Morgan fingerprint density at radius 2 is 2.00 bits per heavy atom. The van der Waals surface area contributed by atoms with E-state index in [-0.39, 0.29) is 37.5 Å². The second kappa shape index (κ2) is 8.99. The van der Waals surface area contributed by atoms with Crippen LogP contribution in [0, 0.1) is 5.92 Å². The van der Waals surface area contributed by atoms with Crippen LogP contribution in [-0.4, -0.2) is 49.7 Å². The Labute approximate surface area is 162 Å². The van der Waals surface area contributed by atoms with E-state index in [1.54, 1.807) is 12.1 Å². The van der Waals surface area contributed by atoms with E-state index >= 15 is 0 Å². The second-order valence-corrected chi connectivity index (χ2v) is 7.17. The first kappa shape index (κ1) is 20.0. The lowest BCUT2D eigenvalue weighted by molar-refractivity contribution is -0.130. The quantitative estimate of drug-likeness (QED) is 0.779. The second-order valence-electron chi connectivity index (χ2n) is 7.17. The van der Waals surface area contributed by atoms with Gasteiger partial charge in [-0.25, -0.2) is 0 Å². The summed E-state index contributed by atoms with van der Waals surface area (Å²) in [7, 11) is 0. The maximum absolute atomic E-state index is 12.7. The number of fused-ring (bicyclic) bond motifs is 1. The molecule has 0 aliphatic carbocycles. The van der Waals surface area contributed by atoms with Crippen molar-refractivity contribution in [3.05, 3.63) is 36.1 Å². The number of ether oxygens (including phenoxy) is 2. The number of nitrogens with one attached hydrogen (secondary N) is 2. The summed E-state index contributed by atoms with van der Waals surface area (Å²) in [6.07, 6.45) is 0.413. The fourth-order valence-electron chi connectivity index (χ4n) is 2.98. The third-order valence-electron chi connectivity index (χ3n) is 4.38. The van der Waals surface area contributed by atoms with E-state index in [0.717, 1.165) is 5.39 Å². The van der Waals surface area contributed by atoms with Gasteiger partial charge in [0.2, 0.25) is 5.91 Å². The summed E-state index contributed by atoms with van der Waals surface area (Å²) in [4.78, 5) is 37.4. The molecule has 150 valence electrons. The Bertz CT molecular complexity index is 826. The first-order valence-corrected chi connectivity index (χ1v) is 9.22. The molecule has 1 aromatic heterocycles. The van der Waals surface area contributed by atoms with Crippen LogP contribution in [0.1, 0.15) is 30.8 Å². The number of hydrogen-bond acceptors (Lipinski definition) is 6. The van der Waals surface area contributed by atoms with Gasteiger partial charge in [0.15, 0.2) is 11.5 Å². The Morgan fingerprint density at radius 3 is 2.75 bits per heavy atom. The summed E-state index contributed by atoms with van der Waals surface area (Å²) in [6.45, 7) is 3.82. The van der Waals surface area contributed by atoms with Crippen LogP contribution in [0.4, 0.5) is 0 Å². The minimum atomic E-state index is -0.808. The monoisotopic (exact) mass is 388 g/mol. The highest BCUT2D eigenvalue weighted by molar-refractivity contribution is 5.99. The largest absolute Gasteiger partial charge is 0.451 e. The molecule has 8 nitrogen and oxygen atoms in total. The van der Waals surface area contributed by atoms with Crippen molar-refractivity contribution in [1.82, 2.24) is 10.6 Å². The van der Waals surface area contributed by atoms with E-state index in [9.17, 15) is 14.4 Å². The summed E-state index contributed by atoms with van der Waals surface area (Å²) in [5, 5.41) is 6.18. The molecule has 2 N–H and O–H groups in total. The number of benzene rings is 1. The maximum Gasteiger partial charge on any atom is 0.287 e. The maximum atomic E-state index is 12.7. The minimum absolute atomic E-state index is 0.0102. The van der Waals surface area contributed by atoms with Gasteiger partial charge in [-0.3, -0.25) is 14.4 Å². The summed E-state index contributed by atoms with van der Waals surface area (Å²) in [6, 6.07) is 7.31. The molecule has 0 bridgehead atoms. The fourth-order valence-corrected chi connectivity index (χ4v) is 2.98. The average Bonchev–Trinajstić information content (AvgIpc) is 3.00. The lowest BCUT2D eigenvalue weighted by atomic mass is 10.0. The van der Waals surface area contributed by atoms with Crippen LogP contribution in [0.5, 0.6) is 0 Å². The SMILES string of the molecule is CC(C)CC(NC(=O)c1cc2ccccc2o1)C(=O)NC1COCOCC1=O. The molecule has 2 heterocycles. The predicted molar refractivity (Wildman–Crippen MR) is 101 cm³/mol. The summed E-state index contributed by atoms with van der Waals surface area (Å²) in [5.74, 6) is -0.912. The third-order valence-corrected chi connectivity index (χ3v) is 4.38. The van der Waals surface area contributed by atoms with Crippen molar-refractivity contribution in [3.8, 4) is 0 Å². The van der Waals surface area contributed by atoms with Crippen molar-refractivity contribution in [2.24, 2.45) is 5.92 Å². The standard InChI is InChI=1S/C20H24N2O6/c1-12(2)7-14(19(24)22-15-9-26-11-27-10-16(15)23)21-20(25)18-8-13-5-3-4-6-17(13)28-18/h3-6,8,12,14-15H,7,9-11H2,1-2H3,(H,21,25)(H,22,24). The number of carbonyl (C=O) groups excluding carboxylic acids is 3. The van der Waals surface area contributed by atoms with Crippen molar-refractivity contribution < 1.29 is 28.3 Å². The van der Waals surface area contributed by atoms with Gasteiger partial charge in [0.05, 0.1) is 6.61 Å². The van der Waals surface area contributed by atoms with Crippen LogP contribution in [0.2, 0.25) is 0 Å². The molecule has 0 radical (unpaired) electrons. The molecule has 2 amide bonds. The highest BCUT2D eigenvalue weighted by Crippen LogP contribution is 2.19. The molecular formula is C20H24N2O6. The first-order chi connectivity index (χ1) is 13.4. The highest BCUT2D eigenvalue weighted by atomic mass is 16.7. The zero-order valence-electron chi connectivity index (χ0n) is 15.9. The molecule has 0 spiro atoms. The number of carbonyl (C=O) groups is 3. The van der Waals surface area contributed by atoms with Gasteiger partial charge in [0.1, 0.15) is 31.1 Å². The smallest absolute Gasteiger partial charge is 0.287 e. The number of rotatable bonds is 6.